The number of imidazole rings is 1. The number of nitrogens with one attached hydrogen (secondary N) is 1. The molecule has 0 atom stereocenters. The third kappa shape index (κ3) is 4.08. The smallest absolute Gasteiger partial charge is 0.325 e. The molecule has 11 heteroatoms. The third-order valence-electron chi connectivity index (χ3n) is 4.79. The SMILES string of the molecule is Cn1c(=O)c2c(nc(Cl)n2CC(=O)Nc2ccc(N=Nc3ccccc3)cc2)n(C)c1=O. The Morgan fingerprint density at radius 2 is 1.59 bits per heavy atom. The Morgan fingerprint density at radius 1 is 0.969 bits per heavy atom. The van der Waals surface area contributed by atoms with Gasteiger partial charge < -0.3 is 5.32 Å². The van der Waals surface area contributed by atoms with Gasteiger partial charge in [0, 0.05) is 19.8 Å². The molecule has 2 aromatic carbocycles. The van der Waals surface area contributed by atoms with Gasteiger partial charge in [0.05, 0.1) is 11.4 Å². The average Bonchev–Trinajstić information content (AvgIpc) is 3.12. The largest absolute Gasteiger partial charge is 0.332 e. The van der Waals surface area contributed by atoms with E-state index in [0.717, 1.165) is 10.3 Å². The van der Waals surface area contributed by atoms with Crippen molar-refractivity contribution in [3.8, 4) is 0 Å². The van der Waals surface area contributed by atoms with Crippen LogP contribution in [-0.2, 0) is 25.4 Å². The van der Waals surface area contributed by atoms with Crippen LogP contribution in [0.5, 0.6) is 0 Å². The molecule has 4 aromatic rings. The molecule has 0 aliphatic rings. The van der Waals surface area contributed by atoms with Gasteiger partial charge in [0.15, 0.2) is 11.2 Å². The van der Waals surface area contributed by atoms with Crippen molar-refractivity contribution in [3.05, 3.63) is 80.7 Å². The highest BCUT2D eigenvalue weighted by atomic mass is 35.5. The number of azo groups is 1. The van der Waals surface area contributed by atoms with Crippen LogP contribution in [0.25, 0.3) is 11.2 Å². The molecule has 2 heterocycles. The zero-order valence-corrected chi connectivity index (χ0v) is 17.9. The van der Waals surface area contributed by atoms with Crippen LogP contribution < -0.4 is 16.6 Å². The molecule has 1 amide bonds. The number of halogens is 1. The van der Waals surface area contributed by atoms with Crippen molar-refractivity contribution in [2.75, 3.05) is 5.32 Å². The van der Waals surface area contributed by atoms with Crippen molar-refractivity contribution in [3.63, 3.8) is 0 Å². The standard InChI is InChI=1S/C21H18ClN7O3/c1-27-18-17(19(31)28(2)21(27)32)29(20(22)24-18)12-16(30)23-13-8-10-15(11-9-13)26-25-14-6-4-3-5-7-14/h3-11H,12H2,1-2H3,(H,23,30). The first-order valence-electron chi connectivity index (χ1n) is 9.53. The van der Waals surface area contributed by atoms with E-state index >= 15 is 0 Å². The monoisotopic (exact) mass is 451 g/mol. The lowest BCUT2D eigenvalue weighted by molar-refractivity contribution is -0.116. The number of benzene rings is 2. The molecule has 2 aromatic heterocycles. The Morgan fingerprint density at radius 3 is 2.25 bits per heavy atom. The van der Waals surface area contributed by atoms with Gasteiger partial charge >= 0.3 is 5.69 Å². The summed E-state index contributed by atoms with van der Waals surface area (Å²) in [5, 5.41) is 11.0. The highest BCUT2D eigenvalue weighted by molar-refractivity contribution is 6.29. The molecule has 162 valence electrons. The molecule has 0 bridgehead atoms. The van der Waals surface area contributed by atoms with Gasteiger partial charge in [0.2, 0.25) is 11.2 Å². The predicted octanol–water partition coefficient (Wildman–Crippen LogP) is 3.14. The minimum absolute atomic E-state index is 0.0647. The van der Waals surface area contributed by atoms with E-state index in [-0.39, 0.29) is 23.0 Å². The average molecular weight is 452 g/mol. The van der Waals surface area contributed by atoms with Gasteiger partial charge in [-0.15, -0.1) is 0 Å². The summed E-state index contributed by atoms with van der Waals surface area (Å²) in [4.78, 5) is 41.3. The van der Waals surface area contributed by atoms with Gasteiger partial charge in [0.1, 0.15) is 6.54 Å². The molecule has 0 fully saturated rings. The van der Waals surface area contributed by atoms with Crippen LogP contribution in [0.3, 0.4) is 0 Å². The number of hydrogen-bond donors (Lipinski definition) is 1. The molecule has 1 N–H and O–H groups in total. The Bertz CT molecular complexity index is 1450. The number of anilines is 1. The number of fused-ring (bicyclic) bond motifs is 1. The molecule has 0 saturated carbocycles. The fourth-order valence-electron chi connectivity index (χ4n) is 3.13. The highest BCUT2D eigenvalue weighted by Gasteiger charge is 2.19. The van der Waals surface area contributed by atoms with E-state index in [1.807, 2.05) is 30.3 Å². The van der Waals surface area contributed by atoms with Gasteiger partial charge in [0.25, 0.3) is 5.56 Å². The minimum atomic E-state index is -0.580. The molecule has 0 radical (unpaired) electrons. The second kappa shape index (κ2) is 8.60. The van der Waals surface area contributed by atoms with Crippen molar-refractivity contribution >= 4 is 45.7 Å². The zero-order valence-electron chi connectivity index (χ0n) is 17.2. The van der Waals surface area contributed by atoms with E-state index in [4.69, 9.17) is 11.6 Å². The number of aromatic nitrogens is 4. The van der Waals surface area contributed by atoms with Gasteiger partial charge in [-0.2, -0.15) is 15.2 Å². The summed E-state index contributed by atoms with van der Waals surface area (Å²) in [6.07, 6.45) is 0. The van der Waals surface area contributed by atoms with Crippen LogP contribution >= 0.6 is 11.6 Å². The fraction of sp³-hybridized carbons (Fsp3) is 0.143. The maximum Gasteiger partial charge on any atom is 0.332 e. The summed E-state index contributed by atoms with van der Waals surface area (Å²) in [5.41, 5.74) is 0.976. The van der Waals surface area contributed by atoms with Crippen LogP contribution in [0.2, 0.25) is 5.28 Å². The lowest BCUT2D eigenvalue weighted by Crippen LogP contribution is -2.37. The van der Waals surface area contributed by atoms with E-state index in [9.17, 15) is 14.4 Å². The molecule has 0 unspecified atom stereocenters. The summed E-state index contributed by atoms with van der Waals surface area (Å²) in [6.45, 7) is -0.252. The second-order valence-corrected chi connectivity index (χ2v) is 7.31. The zero-order chi connectivity index (χ0) is 22.8. The number of carbonyl (C=O) groups is 1. The van der Waals surface area contributed by atoms with Crippen molar-refractivity contribution in [2.24, 2.45) is 24.3 Å². The summed E-state index contributed by atoms with van der Waals surface area (Å²) in [6, 6.07) is 16.1. The van der Waals surface area contributed by atoms with E-state index in [1.165, 1.54) is 23.2 Å². The second-order valence-electron chi connectivity index (χ2n) is 6.98. The van der Waals surface area contributed by atoms with Crippen molar-refractivity contribution in [1.82, 2.24) is 18.7 Å². The van der Waals surface area contributed by atoms with E-state index in [0.29, 0.717) is 11.4 Å². The van der Waals surface area contributed by atoms with Gasteiger partial charge in [-0.25, -0.2) is 4.79 Å². The van der Waals surface area contributed by atoms with Crippen LogP contribution in [0, 0.1) is 0 Å². The number of carbonyl (C=O) groups excluding carboxylic acids is 1. The van der Waals surface area contributed by atoms with E-state index in [2.05, 4.69) is 20.5 Å². The van der Waals surface area contributed by atoms with Crippen LogP contribution in [-0.4, -0.2) is 24.6 Å². The molecular formula is C21H18ClN7O3. The lowest BCUT2D eigenvalue weighted by Gasteiger charge is -2.08. The van der Waals surface area contributed by atoms with Crippen LogP contribution in [0.4, 0.5) is 17.1 Å². The maximum atomic E-state index is 12.6. The van der Waals surface area contributed by atoms with E-state index in [1.54, 1.807) is 24.3 Å². The number of nitrogens with zero attached hydrogens (tertiary/aromatic N) is 6. The summed E-state index contributed by atoms with van der Waals surface area (Å²) in [7, 11) is 2.83. The topological polar surface area (TPSA) is 116 Å². The summed E-state index contributed by atoms with van der Waals surface area (Å²) >= 11 is 6.15. The molecule has 0 spiro atoms. The van der Waals surface area contributed by atoms with Crippen molar-refractivity contribution < 1.29 is 4.79 Å². The van der Waals surface area contributed by atoms with Crippen molar-refractivity contribution in [1.29, 1.82) is 0 Å². The van der Waals surface area contributed by atoms with E-state index < -0.39 is 17.2 Å². The third-order valence-corrected chi connectivity index (χ3v) is 5.08. The first-order chi connectivity index (χ1) is 15.3. The lowest BCUT2D eigenvalue weighted by atomic mass is 10.3. The molecule has 32 heavy (non-hydrogen) atoms. The highest BCUT2D eigenvalue weighted by Crippen LogP contribution is 2.20. The molecule has 4 rings (SSSR count). The first-order valence-corrected chi connectivity index (χ1v) is 9.91. The van der Waals surface area contributed by atoms with Gasteiger partial charge in [-0.05, 0) is 48.0 Å². The molecule has 10 nitrogen and oxygen atoms in total. The number of amides is 1. The van der Waals surface area contributed by atoms with Gasteiger partial charge in [-0.3, -0.25) is 23.3 Å². The summed E-state index contributed by atoms with van der Waals surface area (Å²) < 4.78 is 3.42. The Balaban J connectivity index is 1.51. The first kappa shape index (κ1) is 21.2. The Hall–Kier alpha value is -4.05. The predicted molar refractivity (Wildman–Crippen MR) is 121 cm³/mol. The molecule has 0 aliphatic heterocycles. The minimum Gasteiger partial charge on any atom is -0.325 e. The molecule has 0 aliphatic carbocycles. The maximum absolute atomic E-state index is 12.6. The number of aryl methyl sites for hydroxylation is 1. The van der Waals surface area contributed by atoms with Crippen LogP contribution in [0.15, 0.2) is 74.4 Å². The summed E-state index contributed by atoms with van der Waals surface area (Å²) in [5.74, 6) is -0.416. The van der Waals surface area contributed by atoms with Gasteiger partial charge in [-0.1, -0.05) is 18.2 Å². The quantitative estimate of drug-likeness (QED) is 0.370. The van der Waals surface area contributed by atoms with Crippen LogP contribution in [0.1, 0.15) is 0 Å². The fourth-order valence-corrected chi connectivity index (χ4v) is 3.35. The Kier molecular flexibility index (Phi) is 5.69. The van der Waals surface area contributed by atoms with Crippen molar-refractivity contribution in [2.45, 2.75) is 6.54 Å². The normalized spacial score (nSPS) is 11.3. The molecule has 0 saturated heterocycles. The number of rotatable bonds is 5. The Labute approximate surface area is 186 Å². The molecular weight excluding hydrogens is 434 g/mol. The number of hydrogen-bond acceptors (Lipinski definition) is 6.